The van der Waals surface area contributed by atoms with Crippen LogP contribution in [0.4, 0.5) is 5.69 Å². The zero-order valence-electron chi connectivity index (χ0n) is 16.9. The molecular weight excluding hydrogens is 396 g/mol. The van der Waals surface area contributed by atoms with Crippen molar-refractivity contribution in [1.29, 1.82) is 0 Å². The molecule has 0 saturated carbocycles. The van der Waals surface area contributed by atoms with Gasteiger partial charge in [-0.05, 0) is 30.5 Å². The number of amides is 1. The van der Waals surface area contributed by atoms with Crippen LogP contribution in [0.2, 0.25) is 0 Å². The van der Waals surface area contributed by atoms with Crippen molar-refractivity contribution in [1.82, 2.24) is 14.3 Å². The van der Waals surface area contributed by atoms with Crippen molar-refractivity contribution in [2.45, 2.75) is 38.1 Å². The molecule has 0 unspecified atom stereocenters. The SMILES string of the molecule is Cc1nc(S(=O)(=O)NCCC(=O)OCC(=O)Nc2cccc(C(C)C)c2)cn1C. The molecule has 10 heteroatoms. The van der Waals surface area contributed by atoms with Gasteiger partial charge in [0.1, 0.15) is 5.82 Å². The van der Waals surface area contributed by atoms with E-state index in [0.717, 1.165) is 5.56 Å². The van der Waals surface area contributed by atoms with Crippen LogP contribution in [-0.2, 0) is 31.4 Å². The molecule has 158 valence electrons. The number of nitrogens with zero attached hydrogens (tertiary/aromatic N) is 2. The van der Waals surface area contributed by atoms with E-state index in [4.69, 9.17) is 4.74 Å². The lowest BCUT2D eigenvalue weighted by atomic mass is 10.0. The molecule has 9 nitrogen and oxygen atoms in total. The molecule has 2 rings (SSSR count). The molecule has 0 saturated heterocycles. The summed E-state index contributed by atoms with van der Waals surface area (Å²) in [6.45, 7) is 5.17. The van der Waals surface area contributed by atoms with Crippen molar-refractivity contribution in [3.63, 3.8) is 0 Å². The van der Waals surface area contributed by atoms with Crippen LogP contribution in [0.15, 0.2) is 35.5 Å². The number of rotatable bonds is 9. The zero-order chi connectivity index (χ0) is 21.6. The Kier molecular flexibility index (Phi) is 7.52. The largest absolute Gasteiger partial charge is 0.456 e. The summed E-state index contributed by atoms with van der Waals surface area (Å²) in [5, 5.41) is 2.55. The number of imidazole rings is 1. The highest BCUT2D eigenvalue weighted by atomic mass is 32.2. The molecule has 0 bridgehead atoms. The third-order valence-electron chi connectivity index (χ3n) is 4.18. The van der Waals surface area contributed by atoms with Crippen molar-refractivity contribution in [2.24, 2.45) is 7.05 Å². The number of hydrogen-bond donors (Lipinski definition) is 2. The molecule has 1 heterocycles. The first-order valence-corrected chi connectivity index (χ1v) is 10.6. The van der Waals surface area contributed by atoms with Crippen LogP contribution in [0.3, 0.4) is 0 Å². The highest BCUT2D eigenvalue weighted by Crippen LogP contribution is 2.18. The van der Waals surface area contributed by atoms with Crippen molar-refractivity contribution in [2.75, 3.05) is 18.5 Å². The molecule has 0 aliphatic rings. The molecule has 0 spiro atoms. The predicted octanol–water partition coefficient (Wildman–Crippen LogP) is 1.70. The van der Waals surface area contributed by atoms with E-state index in [-0.39, 0.29) is 18.0 Å². The Labute approximate surface area is 170 Å². The summed E-state index contributed by atoms with van der Waals surface area (Å²) in [6, 6.07) is 7.41. The number of carbonyl (C=O) groups excluding carboxylic acids is 2. The van der Waals surface area contributed by atoms with Crippen molar-refractivity contribution in [3.8, 4) is 0 Å². The van der Waals surface area contributed by atoms with Gasteiger partial charge >= 0.3 is 5.97 Å². The second-order valence-corrected chi connectivity index (χ2v) is 8.59. The minimum Gasteiger partial charge on any atom is -0.456 e. The highest BCUT2D eigenvalue weighted by Gasteiger charge is 2.18. The molecule has 0 radical (unpaired) electrons. The van der Waals surface area contributed by atoms with E-state index in [2.05, 4.69) is 15.0 Å². The van der Waals surface area contributed by atoms with Gasteiger partial charge in [0.2, 0.25) is 0 Å². The maximum atomic E-state index is 12.1. The molecule has 2 aromatic rings. The minimum atomic E-state index is -3.81. The lowest BCUT2D eigenvalue weighted by Crippen LogP contribution is -2.28. The van der Waals surface area contributed by atoms with Gasteiger partial charge in [0.15, 0.2) is 11.6 Å². The van der Waals surface area contributed by atoms with Gasteiger partial charge in [-0.15, -0.1) is 0 Å². The van der Waals surface area contributed by atoms with Crippen LogP contribution in [0, 0.1) is 6.92 Å². The van der Waals surface area contributed by atoms with Gasteiger partial charge < -0.3 is 14.6 Å². The first kappa shape index (κ1) is 22.6. The molecule has 2 N–H and O–H groups in total. The van der Waals surface area contributed by atoms with Gasteiger partial charge in [-0.25, -0.2) is 18.1 Å². The molecule has 1 aromatic carbocycles. The Morgan fingerprint density at radius 2 is 2.00 bits per heavy atom. The van der Waals surface area contributed by atoms with Crippen LogP contribution in [-0.4, -0.2) is 43.0 Å². The third kappa shape index (κ3) is 6.68. The molecule has 1 aromatic heterocycles. The number of esters is 1. The number of aryl methyl sites for hydroxylation is 2. The Bertz CT molecular complexity index is 963. The average molecular weight is 423 g/mol. The number of hydrogen-bond acceptors (Lipinski definition) is 6. The Morgan fingerprint density at radius 3 is 2.62 bits per heavy atom. The Hall–Kier alpha value is -2.72. The van der Waals surface area contributed by atoms with E-state index in [1.54, 1.807) is 24.6 Å². The summed E-state index contributed by atoms with van der Waals surface area (Å²) in [5.74, 6) is -0.280. The maximum Gasteiger partial charge on any atom is 0.307 e. The van der Waals surface area contributed by atoms with Crippen molar-refractivity contribution >= 4 is 27.6 Å². The van der Waals surface area contributed by atoms with E-state index in [1.165, 1.54) is 6.20 Å². The summed E-state index contributed by atoms with van der Waals surface area (Å²) >= 11 is 0. The highest BCUT2D eigenvalue weighted by molar-refractivity contribution is 7.89. The molecule has 29 heavy (non-hydrogen) atoms. The van der Waals surface area contributed by atoms with Gasteiger partial charge in [-0.2, -0.15) is 0 Å². The fourth-order valence-electron chi connectivity index (χ4n) is 2.41. The lowest BCUT2D eigenvalue weighted by Gasteiger charge is -2.10. The molecule has 0 fully saturated rings. The smallest absolute Gasteiger partial charge is 0.307 e. The third-order valence-corrected chi connectivity index (χ3v) is 5.52. The number of benzene rings is 1. The number of carbonyl (C=O) groups is 2. The molecular formula is C19H26N4O5S. The van der Waals surface area contributed by atoms with E-state index >= 15 is 0 Å². The van der Waals surface area contributed by atoms with Crippen LogP contribution in [0.25, 0.3) is 0 Å². The second kappa shape index (κ2) is 9.66. The molecule has 0 aliphatic carbocycles. The van der Waals surface area contributed by atoms with Crippen LogP contribution in [0.5, 0.6) is 0 Å². The summed E-state index contributed by atoms with van der Waals surface area (Å²) in [5.41, 5.74) is 1.70. The number of ether oxygens (including phenoxy) is 1. The summed E-state index contributed by atoms with van der Waals surface area (Å²) < 4.78 is 33.0. The zero-order valence-corrected chi connectivity index (χ0v) is 17.7. The average Bonchev–Trinajstić information content (AvgIpc) is 3.00. The number of aromatic nitrogens is 2. The van der Waals surface area contributed by atoms with E-state index in [1.807, 2.05) is 32.0 Å². The normalized spacial score (nSPS) is 11.5. The summed E-state index contributed by atoms with van der Waals surface area (Å²) in [4.78, 5) is 27.6. The second-order valence-electron chi connectivity index (χ2n) is 6.87. The van der Waals surface area contributed by atoms with Crippen LogP contribution < -0.4 is 10.0 Å². The molecule has 0 atom stereocenters. The van der Waals surface area contributed by atoms with Gasteiger partial charge in [-0.3, -0.25) is 9.59 Å². The van der Waals surface area contributed by atoms with Crippen molar-refractivity contribution < 1.29 is 22.7 Å². The van der Waals surface area contributed by atoms with Gasteiger partial charge in [0.05, 0.1) is 6.42 Å². The summed E-state index contributed by atoms with van der Waals surface area (Å²) in [7, 11) is -2.13. The van der Waals surface area contributed by atoms with E-state index in [0.29, 0.717) is 17.4 Å². The van der Waals surface area contributed by atoms with Crippen LogP contribution in [0.1, 0.15) is 37.6 Å². The first-order chi connectivity index (χ1) is 13.6. The van der Waals surface area contributed by atoms with Gasteiger partial charge in [-0.1, -0.05) is 26.0 Å². The van der Waals surface area contributed by atoms with Crippen molar-refractivity contribution in [3.05, 3.63) is 41.9 Å². The monoisotopic (exact) mass is 422 g/mol. The van der Waals surface area contributed by atoms with E-state index in [9.17, 15) is 18.0 Å². The minimum absolute atomic E-state index is 0.117. The quantitative estimate of drug-likeness (QED) is 0.594. The predicted molar refractivity (Wildman–Crippen MR) is 108 cm³/mol. The van der Waals surface area contributed by atoms with Gasteiger partial charge in [0, 0.05) is 25.5 Å². The maximum absolute atomic E-state index is 12.1. The molecule has 0 aliphatic heterocycles. The first-order valence-electron chi connectivity index (χ1n) is 9.13. The number of sulfonamides is 1. The number of nitrogens with one attached hydrogen (secondary N) is 2. The number of anilines is 1. The van der Waals surface area contributed by atoms with Gasteiger partial charge in [0.25, 0.3) is 15.9 Å². The Morgan fingerprint density at radius 1 is 1.28 bits per heavy atom. The lowest BCUT2D eigenvalue weighted by molar-refractivity contribution is -0.147. The molecule has 1 amide bonds. The Balaban J connectivity index is 1.75. The fraction of sp³-hybridized carbons (Fsp3) is 0.421. The topological polar surface area (TPSA) is 119 Å². The van der Waals surface area contributed by atoms with E-state index < -0.39 is 28.5 Å². The fourth-order valence-corrected chi connectivity index (χ4v) is 3.48. The standard InChI is InChI=1S/C19H26N4O5S/c1-13(2)15-6-5-7-16(10-15)22-17(24)12-28-19(25)8-9-20-29(26,27)18-11-23(4)14(3)21-18/h5-7,10-11,13,20H,8-9,12H2,1-4H3,(H,22,24). The van der Waals surface area contributed by atoms with Crippen LogP contribution >= 0.6 is 0 Å². The summed E-state index contributed by atoms with van der Waals surface area (Å²) in [6.07, 6.45) is 1.18.